The first-order valence-corrected chi connectivity index (χ1v) is 6.39. The molecule has 5 heteroatoms. The van der Waals surface area contributed by atoms with Crippen LogP contribution in [0.4, 0.5) is 15.8 Å². The lowest BCUT2D eigenvalue weighted by Crippen LogP contribution is -2.05. The number of benzene rings is 2. The van der Waals surface area contributed by atoms with E-state index in [1.807, 2.05) is 24.3 Å². The van der Waals surface area contributed by atoms with Crippen molar-refractivity contribution in [2.75, 3.05) is 17.7 Å². The molecule has 2 N–H and O–H groups in total. The molecule has 0 spiro atoms. The molecular formula is C16H13FN2O2. The zero-order valence-electron chi connectivity index (χ0n) is 11.3. The Morgan fingerprint density at radius 3 is 2.67 bits per heavy atom. The number of carbonyl (C=O) groups is 1. The van der Waals surface area contributed by atoms with Crippen molar-refractivity contribution in [3.8, 4) is 5.75 Å². The Hall–Kier alpha value is -2.82. The molecule has 3 rings (SSSR count). The maximum atomic E-state index is 13.3. The number of nitrogens with one attached hydrogen (secondary N) is 2. The van der Waals surface area contributed by atoms with Gasteiger partial charge in [-0.05, 0) is 42.5 Å². The first-order valence-electron chi connectivity index (χ1n) is 6.39. The number of hydrogen-bond donors (Lipinski definition) is 2. The summed E-state index contributed by atoms with van der Waals surface area (Å²) < 4.78 is 18.4. The fourth-order valence-electron chi connectivity index (χ4n) is 2.15. The van der Waals surface area contributed by atoms with Gasteiger partial charge >= 0.3 is 0 Å². The molecule has 2 aromatic rings. The fourth-order valence-corrected chi connectivity index (χ4v) is 2.15. The number of rotatable bonds is 3. The van der Waals surface area contributed by atoms with Crippen LogP contribution in [-0.4, -0.2) is 13.0 Å². The van der Waals surface area contributed by atoms with Crippen molar-refractivity contribution in [3.63, 3.8) is 0 Å². The standard InChI is InChI=1S/C16H13FN2O2/c1-21-12-5-3-11(4-6-12)18-9-14-13-8-10(17)2-7-15(13)19-16(14)20/h2-9,18H,1H3,(H,19,20). The Morgan fingerprint density at radius 2 is 1.95 bits per heavy atom. The molecule has 0 aromatic heterocycles. The van der Waals surface area contributed by atoms with E-state index in [4.69, 9.17) is 4.74 Å². The van der Waals surface area contributed by atoms with E-state index in [1.165, 1.54) is 12.1 Å². The summed E-state index contributed by atoms with van der Waals surface area (Å²) in [5.41, 5.74) is 2.38. The Kier molecular flexibility index (Phi) is 3.31. The van der Waals surface area contributed by atoms with Crippen molar-refractivity contribution >= 4 is 22.9 Å². The van der Waals surface area contributed by atoms with Gasteiger partial charge in [0.25, 0.3) is 5.91 Å². The van der Waals surface area contributed by atoms with Gasteiger partial charge in [0.2, 0.25) is 0 Å². The molecular weight excluding hydrogens is 271 g/mol. The molecule has 0 unspecified atom stereocenters. The maximum absolute atomic E-state index is 13.3. The first-order chi connectivity index (χ1) is 10.2. The van der Waals surface area contributed by atoms with Crippen molar-refractivity contribution in [3.05, 3.63) is 60.0 Å². The molecule has 0 saturated heterocycles. The van der Waals surface area contributed by atoms with Crippen LogP contribution in [0, 0.1) is 5.82 Å². The Balaban J connectivity index is 1.86. The van der Waals surface area contributed by atoms with Gasteiger partial charge in [-0.25, -0.2) is 4.39 Å². The van der Waals surface area contributed by atoms with Crippen LogP contribution in [0.1, 0.15) is 5.56 Å². The van der Waals surface area contributed by atoms with E-state index in [0.717, 1.165) is 11.4 Å². The number of fused-ring (bicyclic) bond motifs is 1. The molecule has 0 saturated carbocycles. The highest BCUT2D eigenvalue weighted by molar-refractivity contribution is 6.31. The zero-order chi connectivity index (χ0) is 14.8. The van der Waals surface area contributed by atoms with E-state index in [0.29, 0.717) is 16.8 Å². The van der Waals surface area contributed by atoms with Gasteiger partial charge in [-0.2, -0.15) is 0 Å². The molecule has 0 bridgehead atoms. The number of carbonyl (C=O) groups excluding carboxylic acids is 1. The van der Waals surface area contributed by atoms with Crippen molar-refractivity contribution in [2.24, 2.45) is 0 Å². The molecule has 1 amide bonds. The van der Waals surface area contributed by atoms with Crippen molar-refractivity contribution in [1.29, 1.82) is 0 Å². The molecule has 0 fully saturated rings. The van der Waals surface area contributed by atoms with Gasteiger partial charge in [0.15, 0.2) is 0 Å². The number of ether oxygens (including phenoxy) is 1. The highest BCUT2D eigenvalue weighted by Gasteiger charge is 2.24. The quantitative estimate of drug-likeness (QED) is 0.851. The smallest absolute Gasteiger partial charge is 0.257 e. The number of anilines is 2. The van der Waals surface area contributed by atoms with E-state index in [-0.39, 0.29) is 11.7 Å². The topological polar surface area (TPSA) is 50.4 Å². The average Bonchev–Trinajstić information content (AvgIpc) is 2.80. The second kappa shape index (κ2) is 5.28. The molecule has 0 atom stereocenters. The lowest BCUT2D eigenvalue weighted by atomic mass is 10.1. The zero-order valence-corrected chi connectivity index (χ0v) is 11.3. The van der Waals surface area contributed by atoms with E-state index in [1.54, 1.807) is 19.4 Å². The number of methoxy groups -OCH3 is 1. The maximum Gasteiger partial charge on any atom is 0.257 e. The largest absolute Gasteiger partial charge is 0.497 e. The SMILES string of the molecule is COc1ccc(NC=C2C(=O)Nc3ccc(F)cc32)cc1. The highest BCUT2D eigenvalue weighted by atomic mass is 19.1. The van der Waals surface area contributed by atoms with Crippen LogP contribution in [-0.2, 0) is 4.79 Å². The summed E-state index contributed by atoms with van der Waals surface area (Å²) in [6.07, 6.45) is 1.57. The predicted molar refractivity (Wildman–Crippen MR) is 79.6 cm³/mol. The normalized spacial score (nSPS) is 14.8. The molecule has 4 nitrogen and oxygen atoms in total. The van der Waals surface area contributed by atoms with Gasteiger partial charge in [-0.15, -0.1) is 0 Å². The summed E-state index contributed by atoms with van der Waals surface area (Å²) in [6, 6.07) is 11.5. The average molecular weight is 284 g/mol. The molecule has 0 aliphatic carbocycles. The highest BCUT2D eigenvalue weighted by Crippen LogP contribution is 2.32. The van der Waals surface area contributed by atoms with Crippen LogP contribution in [0.25, 0.3) is 5.57 Å². The van der Waals surface area contributed by atoms with Crippen molar-refractivity contribution < 1.29 is 13.9 Å². The van der Waals surface area contributed by atoms with E-state index in [9.17, 15) is 9.18 Å². The van der Waals surface area contributed by atoms with Crippen LogP contribution < -0.4 is 15.4 Å². The number of hydrogen-bond acceptors (Lipinski definition) is 3. The van der Waals surface area contributed by atoms with Crippen LogP contribution in [0.15, 0.2) is 48.7 Å². The third kappa shape index (κ3) is 2.58. The Labute approximate surface area is 121 Å². The number of amides is 1. The minimum atomic E-state index is -0.374. The van der Waals surface area contributed by atoms with Gasteiger partial charge in [0, 0.05) is 23.1 Å². The molecule has 21 heavy (non-hydrogen) atoms. The third-order valence-electron chi connectivity index (χ3n) is 3.24. The Bertz CT molecular complexity index is 724. The molecule has 1 aliphatic heterocycles. The second-order valence-electron chi connectivity index (χ2n) is 4.57. The molecule has 106 valence electrons. The molecule has 0 radical (unpaired) electrons. The minimum absolute atomic E-state index is 0.253. The van der Waals surface area contributed by atoms with Gasteiger partial charge < -0.3 is 15.4 Å². The second-order valence-corrected chi connectivity index (χ2v) is 4.57. The van der Waals surface area contributed by atoms with Crippen molar-refractivity contribution in [2.45, 2.75) is 0 Å². The van der Waals surface area contributed by atoms with Crippen LogP contribution in [0.3, 0.4) is 0 Å². The minimum Gasteiger partial charge on any atom is -0.497 e. The summed E-state index contributed by atoms with van der Waals surface area (Å²) >= 11 is 0. The lowest BCUT2D eigenvalue weighted by Gasteiger charge is -2.04. The molecule has 2 aromatic carbocycles. The molecule has 1 heterocycles. The summed E-state index contributed by atoms with van der Waals surface area (Å²) in [5.74, 6) is 0.122. The van der Waals surface area contributed by atoms with Crippen molar-refractivity contribution in [1.82, 2.24) is 0 Å². The summed E-state index contributed by atoms with van der Waals surface area (Å²) in [7, 11) is 1.60. The summed E-state index contributed by atoms with van der Waals surface area (Å²) in [4.78, 5) is 11.9. The summed E-state index contributed by atoms with van der Waals surface area (Å²) in [6.45, 7) is 0. The fraction of sp³-hybridized carbons (Fsp3) is 0.0625. The van der Waals surface area contributed by atoms with Gasteiger partial charge in [0.1, 0.15) is 11.6 Å². The third-order valence-corrected chi connectivity index (χ3v) is 3.24. The lowest BCUT2D eigenvalue weighted by molar-refractivity contribution is -0.110. The van der Waals surface area contributed by atoms with Gasteiger partial charge in [-0.3, -0.25) is 4.79 Å². The molecule has 1 aliphatic rings. The van der Waals surface area contributed by atoms with E-state index >= 15 is 0 Å². The monoisotopic (exact) mass is 284 g/mol. The van der Waals surface area contributed by atoms with Crippen LogP contribution >= 0.6 is 0 Å². The first kappa shape index (κ1) is 13.2. The van der Waals surface area contributed by atoms with Gasteiger partial charge in [0.05, 0.1) is 12.7 Å². The Morgan fingerprint density at radius 1 is 1.19 bits per heavy atom. The van der Waals surface area contributed by atoms with E-state index in [2.05, 4.69) is 10.6 Å². The van der Waals surface area contributed by atoms with E-state index < -0.39 is 0 Å². The van der Waals surface area contributed by atoms with Gasteiger partial charge in [-0.1, -0.05) is 0 Å². The summed E-state index contributed by atoms with van der Waals surface area (Å²) in [5, 5.41) is 5.72. The number of halogens is 1. The van der Waals surface area contributed by atoms with Crippen LogP contribution in [0.2, 0.25) is 0 Å². The van der Waals surface area contributed by atoms with Crippen LogP contribution in [0.5, 0.6) is 5.75 Å². The predicted octanol–water partition coefficient (Wildman–Crippen LogP) is 3.24.